The van der Waals surface area contributed by atoms with E-state index in [0.29, 0.717) is 6.04 Å². The number of carbonyl (C=O) groups excluding carboxylic acids is 1. The van der Waals surface area contributed by atoms with Gasteiger partial charge in [-0.15, -0.1) is 0 Å². The highest BCUT2D eigenvalue weighted by atomic mass is 79.9. The summed E-state index contributed by atoms with van der Waals surface area (Å²) in [6.45, 7) is 1.54. The summed E-state index contributed by atoms with van der Waals surface area (Å²) in [6.07, 6.45) is 8.46. The van der Waals surface area contributed by atoms with Crippen LogP contribution in [-0.2, 0) is 4.79 Å². The number of nitrogens with two attached hydrogens (primary N) is 1. The van der Waals surface area contributed by atoms with Crippen molar-refractivity contribution in [1.29, 1.82) is 0 Å². The molecule has 0 saturated carbocycles. The van der Waals surface area contributed by atoms with Crippen molar-refractivity contribution in [3.05, 3.63) is 16.9 Å². The van der Waals surface area contributed by atoms with E-state index in [-0.39, 0.29) is 11.9 Å². The van der Waals surface area contributed by atoms with Crippen LogP contribution in [0.5, 0.6) is 0 Å². The minimum atomic E-state index is -0.349. The molecule has 1 amide bonds. The van der Waals surface area contributed by atoms with Crippen LogP contribution >= 0.6 is 27.7 Å². The van der Waals surface area contributed by atoms with Gasteiger partial charge in [0, 0.05) is 19.3 Å². The molecule has 0 aliphatic carbocycles. The second-order valence-electron chi connectivity index (χ2n) is 5.08. The van der Waals surface area contributed by atoms with Gasteiger partial charge in [-0.3, -0.25) is 9.48 Å². The Morgan fingerprint density at radius 1 is 1.60 bits per heavy atom. The summed E-state index contributed by atoms with van der Waals surface area (Å²) in [5.41, 5.74) is 5.95. The Kier molecular flexibility index (Phi) is 5.92. The largest absolute Gasteiger partial charge is 0.341 e. The van der Waals surface area contributed by atoms with Crippen molar-refractivity contribution in [2.75, 3.05) is 25.1 Å². The van der Waals surface area contributed by atoms with Gasteiger partial charge in [0.2, 0.25) is 5.91 Å². The minimum absolute atomic E-state index is 0.0964. The van der Waals surface area contributed by atoms with E-state index >= 15 is 0 Å². The maximum atomic E-state index is 12.2. The molecule has 1 aromatic rings. The lowest BCUT2D eigenvalue weighted by atomic mass is 10.0. The van der Waals surface area contributed by atoms with Crippen LogP contribution in [0.1, 0.15) is 25.3 Å². The van der Waals surface area contributed by atoms with E-state index in [2.05, 4.69) is 21.0 Å². The van der Waals surface area contributed by atoms with Gasteiger partial charge < -0.3 is 10.6 Å². The smallest absolute Gasteiger partial charge is 0.239 e. The molecule has 1 atom stereocenters. The number of thioether (sulfide) groups is 1. The summed E-state index contributed by atoms with van der Waals surface area (Å²) < 4.78 is 2.98. The van der Waals surface area contributed by atoms with Gasteiger partial charge in [0.1, 0.15) is 0 Å². The van der Waals surface area contributed by atoms with Gasteiger partial charge in [0.05, 0.1) is 22.8 Å². The molecular formula is C13H21BrN4OS. The van der Waals surface area contributed by atoms with Crippen LogP contribution in [0.4, 0.5) is 0 Å². The maximum Gasteiger partial charge on any atom is 0.239 e. The Bertz CT molecular complexity index is 445. The Balaban J connectivity index is 1.83. The summed E-state index contributed by atoms with van der Waals surface area (Å²) in [7, 11) is 0. The zero-order valence-corrected chi connectivity index (χ0v) is 14.1. The lowest BCUT2D eigenvalue weighted by Gasteiger charge is -2.33. The van der Waals surface area contributed by atoms with E-state index in [1.807, 2.05) is 22.0 Å². The molecule has 1 aromatic heterocycles. The van der Waals surface area contributed by atoms with Gasteiger partial charge >= 0.3 is 0 Å². The average molecular weight is 361 g/mol. The van der Waals surface area contributed by atoms with Gasteiger partial charge in [0.15, 0.2) is 0 Å². The molecule has 20 heavy (non-hydrogen) atoms. The van der Waals surface area contributed by atoms with Gasteiger partial charge in [0.25, 0.3) is 0 Å². The standard InChI is InChI=1S/C13H21BrN4OS/c1-20-7-4-12(15)13(19)17-5-2-11(3-6-17)18-9-10(14)8-16-18/h8-9,11-12H,2-7,15H2,1H3/t12-/m0/s1. The highest BCUT2D eigenvalue weighted by Crippen LogP contribution is 2.23. The van der Waals surface area contributed by atoms with E-state index in [9.17, 15) is 4.79 Å². The number of carbonyl (C=O) groups is 1. The highest BCUT2D eigenvalue weighted by Gasteiger charge is 2.27. The molecule has 1 aliphatic heterocycles. The van der Waals surface area contributed by atoms with E-state index in [1.54, 1.807) is 18.0 Å². The van der Waals surface area contributed by atoms with Crippen molar-refractivity contribution >= 4 is 33.6 Å². The molecule has 2 N–H and O–H groups in total. The molecule has 0 aromatic carbocycles. The first kappa shape index (κ1) is 15.9. The number of likely N-dealkylation sites (tertiary alicyclic amines) is 1. The number of aromatic nitrogens is 2. The van der Waals surface area contributed by atoms with E-state index < -0.39 is 0 Å². The van der Waals surface area contributed by atoms with Crippen LogP contribution in [0.15, 0.2) is 16.9 Å². The fourth-order valence-electron chi connectivity index (χ4n) is 2.47. The Hall–Kier alpha value is -0.530. The van der Waals surface area contributed by atoms with E-state index in [1.165, 1.54) is 0 Å². The van der Waals surface area contributed by atoms with Crippen LogP contribution in [0.25, 0.3) is 0 Å². The molecule has 1 saturated heterocycles. The van der Waals surface area contributed by atoms with Crippen molar-refractivity contribution in [2.24, 2.45) is 5.73 Å². The fourth-order valence-corrected chi connectivity index (χ4v) is 3.26. The van der Waals surface area contributed by atoms with Crippen LogP contribution < -0.4 is 5.73 Å². The van der Waals surface area contributed by atoms with Crippen molar-refractivity contribution in [1.82, 2.24) is 14.7 Å². The molecule has 2 heterocycles. The Labute approximate surface area is 132 Å². The van der Waals surface area contributed by atoms with Crippen molar-refractivity contribution < 1.29 is 4.79 Å². The van der Waals surface area contributed by atoms with Crippen LogP contribution in [0, 0.1) is 0 Å². The first-order valence-electron chi connectivity index (χ1n) is 6.84. The number of nitrogens with zero attached hydrogens (tertiary/aromatic N) is 3. The third kappa shape index (κ3) is 3.99. The topological polar surface area (TPSA) is 64.2 Å². The molecule has 1 fully saturated rings. The monoisotopic (exact) mass is 360 g/mol. The van der Waals surface area contributed by atoms with Crippen molar-refractivity contribution in [2.45, 2.75) is 31.3 Å². The number of piperidine rings is 1. The number of amides is 1. The second-order valence-corrected chi connectivity index (χ2v) is 6.98. The molecule has 112 valence electrons. The number of rotatable bonds is 5. The van der Waals surface area contributed by atoms with E-state index in [0.717, 1.165) is 42.6 Å². The zero-order valence-electron chi connectivity index (χ0n) is 11.7. The molecule has 2 rings (SSSR count). The first-order valence-corrected chi connectivity index (χ1v) is 9.03. The van der Waals surface area contributed by atoms with Gasteiger partial charge in [-0.2, -0.15) is 16.9 Å². The SMILES string of the molecule is CSCC[C@H](N)C(=O)N1CCC(n2cc(Br)cn2)CC1. The third-order valence-corrected chi connectivity index (χ3v) is 4.72. The molecule has 0 bridgehead atoms. The van der Waals surface area contributed by atoms with Gasteiger partial charge in [-0.05, 0) is 47.2 Å². The molecular weight excluding hydrogens is 340 g/mol. The predicted molar refractivity (Wildman–Crippen MR) is 85.8 cm³/mol. The summed E-state index contributed by atoms with van der Waals surface area (Å²) in [4.78, 5) is 14.1. The molecule has 0 radical (unpaired) electrons. The molecule has 0 spiro atoms. The number of halogens is 1. The van der Waals surface area contributed by atoms with Crippen LogP contribution in [0.3, 0.4) is 0 Å². The normalized spacial score (nSPS) is 18.2. The highest BCUT2D eigenvalue weighted by molar-refractivity contribution is 9.10. The molecule has 1 aliphatic rings. The summed E-state index contributed by atoms with van der Waals surface area (Å²) >= 11 is 5.14. The molecule has 5 nitrogen and oxygen atoms in total. The number of hydrogen-bond acceptors (Lipinski definition) is 4. The molecule has 0 unspecified atom stereocenters. The Morgan fingerprint density at radius 3 is 2.85 bits per heavy atom. The second kappa shape index (κ2) is 7.47. The molecule has 7 heteroatoms. The summed E-state index contributed by atoms with van der Waals surface area (Å²) in [5.74, 6) is 1.03. The third-order valence-electron chi connectivity index (χ3n) is 3.67. The minimum Gasteiger partial charge on any atom is -0.341 e. The predicted octanol–water partition coefficient (Wildman–Crippen LogP) is 1.89. The van der Waals surface area contributed by atoms with Gasteiger partial charge in [-0.1, -0.05) is 0 Å². The summed E-state index contributed by atoms with van der Waals surface area (Å²) in [6, 6.07) is 0.0330. The van der Waals surface area contributed by atoms with Crippen LogP contribution in [0.2, 0.25) is 0 Å². The summed E-state index contributed by atoms with van der Waals surface area (Å²) in [5, 5.41) is 4.32. The quantitative estimate of drug-likeness (QED) is 0.870. The zero-order chi connectivity index (χ0) is 14.5. The van der Waals surface area contributed by atoms with Crippen molar-refractivity contribution in [3.8, 4) is 0 Å². The first-order chi connectivity index (χ1) is 9.61. The number of hydrogen-bond donors (Lipinski definition) is 1. The van der Waals surface area contributed by atoms with Crippen molar-refractivity contribution in [3.63, 3.8) is 0 Å². The lowest BCUT2D eigenvalue weighted by molar-refractivity contribution is -0.133. The maximum absolute atomic E-state index is 12.2. The fraction of sp³-hybridized carbons (Fsp3) is 0.692. The Morgan fingerprint density at radius 2 is 2.30 bits per heavy atom. The average Bonchev–Trinajstić information content (AvgIpc) is 2.90. The van der Waals surface area contributed by atoms with Gasteiger partial charge in [-0.25, -0.2) is 0 Å². The lowest BCUT2D eigenvalue weighted by Crippen LogP contribution is -2.47. The van der Waals surface area contributed by atoms with Crippen LogP contribution in [-0.4, -0.2) is 51.7 Å². The van der Waals surface area contributed by atoms with E-state index in [4.69, 9.17) is 5.73 Å².